The van der Waals surface area contributed by atoms with Gasteiger partial charge in [-0.15, -0.1) is 0 Å². The number of ketones is 1. The minimum absolute atomic E-state index is 0.0159. The van der Waals surface area contributed by atoms with Crippen LogP contribution in [0.15, 0.2) is 0 Å². The van der Waals surface area contributed by atoms with Gasteiger partial charge >= 0.3 is 0 Å². The van der Waals surface area contributed by atoms with E-state index in [2.05, 4.69) is 10.6 Å². The van der Waals surface area contributed by atoms with Gasteiger partial charge in [0.15, 0.2) is 0 Å². The second kappa shape index (κ2) is 12.0. The van der Waals surface area contributed by atoms with Crippen LogP contribution >= 0.6 is 0 Å². The SMILES string of the molecule is CC(C)C(=O)NCCOCCOCCC(=O)NC1CC(C(=O)C(C)C)C1. The average Bonchev–Trinajstić information content (AvgIpc) is 2.55. The van der Waals surface area contributed by atoms with Gasteiger partial charge in [-0.2, -0.15) is 0 Å². The summed E-state index contributed by atoms with van der Waals surface area (Å²) >= 11 is 0. The predicted octanol–water partition coefficient (Wildman–Crippen LogP) is 1.30. The first-order valence-electron chi connectivity index (χ1n) is 9.57. The lowest BCUT2D eigenvalue weighted by molar-refractivity contribution is -0.131. The van der Waals surface area contributed by atoms with Gasteiger partial charge in [0, 0.05) is 36.8 Å². The highest BCUT2D eigenvalue weighted by molar-refractivity contribution is 5.84. The van der Waals surface area contributed by atoms with Crippen LogP contribution in [0.4, 0.5) is 0 Å². The van der Waals surface area contributed by atoms with Gasteiger partial charge in [0.1, 0.15) is 5.78 Å². The minimum Gasteiger partial charge on any atom is -0.379 e. The third-order valence-electron chi connectivity index (χ3n) is 4.39. The molecule has 7 nitrogen and oxygen atoms in total. The number of hydrogen-bond acceptors (Lipinski definition) is 5. The van der Waals surface area contributed by atoms with Gasteiger partial charge in [-0.05, 0) is 12.8 Å². The number of nitrogens with one attached hydrogen (secondary N) is 2. The van der Waals surface area contributed by atoms with Crippen molar-refractivity contribution in [1.29, 1.82) is 0 Å². The molecule has 26 heavy (non-hydrogen) atoms. The fourth-order valence-electron chi connectivity index (χ4n) is 2.68. The summed E-state index contributed by atoms with van der Waals surface area (Å²) in [5, 5.41) is 5.70. The average molecular weight is 370 g/mol. The van der Waals surface area contributed by atoms with E-state index in [1.165, 1.54) is 0 Å². The van der Waals surface area contributed by atoms with Gasteiger partial charge in [-0.3, -0.25) is 14.4 Å². The van der Waals surface area contributed by atoms with Gasteiger partial charge in [-0.1, -0.05) is 27.7 Å². The van der Waals surface area contributed by atoms with Crippen molar-refractivity contribution < 1.29 is 23.9 Å². The number of carbonyl (C=O) groups excluding carboxylic acids is 3. The number of rotatable bonds is 13. The molecule has 2 N–H and O–H groups in total. The predicted molar refractivity (Wildman–Crippen MR) is 98.6 cm³/mol. The van der Waals surface area contributed by atoms with Crippen LogP contribution in [-0.2, 0) is 23.9 Å². The molecule has 1 aliphatic rings. The molecule has 2 amide bonds. The number of amides is 2. The van der Waals surface area contributed by atoms with Crippen LogP contribution < -0.4 is 10.6 Å². The van der Waals surface area contributed by atoms with Gasteiger partial charge in [0.05, 0.1) is 26.4 Å². The molecule has 1 fully saturated rings. The van der Waals surface area contributed by atoms with Crippen molar-refractivity contribution in [3.63, 3.8) is 0 Å². The van der Waals surface area contributed by atoms with Gasteiger partial charge in [0.2, 0.25) is 11.8 Å². The topological polar surface area (TPSA) is 93.7 Å². The molecule has 1 rings (SSSR count). The lowest BCUT2D eigenvalue weighted by Gasteiger charge is -2.35. The quantitative estimate of drug-likeness (QED) is 0.477. The van der Waals surface area contributed by atoms with Crippen molar-refractivity contribution in [2.75, 3.05) is 33.0 Å². The zero-order valence-corrected chi connectivity index (χ0v) is 16.5. The summed E-state index contributed by atoms with van der Waals surface area (Å²) in [5.74, 6) is 0.427. The Labute approximate surface area is 156 Å². The van der Waals surface area contributed by atoms with E-state index in [9.17, 15) is 14.4 Å². The van der Waals surface area contributed by atoms with Crippen molar-refractivity contribution in [1.82, 2.24) is 10.6 Å². The van der Waals surface area contributed by atoms with Crippen molar-refractivity contribution in [3.8, 4) is 0 Å². The molecular weight excluding hydrogens is 336 g/mol. The molecular formula is C19H34N2O5. The zero-order valence-electron chi connectivity index (χ0n) is 16.5. The molecule has 150 valence electrons. The summed E-state index contributed by atoms with van der Waals surface area (Å²) in [6, 6.07) is 0.125. The molecule has 1 saturated carbocycles. The van der Waals surface area contributed by atoms with E-state index in [1.807, 2.05) is 27.7 Å². The summed E-state index contributed by atoms with van der Waals surface area (Å²) in [4.78, 5) is 34.9. The summed E-state index contributed by atoms with van der Waals surface area (Å²) in [6.07, 6.45) is 1.82. The third kappa shape index (κ3) is 8.76. The van der Waals surface area contributed by atoms with Crippen LogP contribution in [0.1, 0.15) is 47.0 Å². The largest absolute Gasteiger partial charge is 0.379 e. The first-order chi connectivity index (χ1) is 12.3. The normalized spacial score (nSPS) is 19.3. The second-order valence-electron chi connectivity index (χ2n) is 7.41. The molecule has 1 aliphatic carbocycles. The molecule has 0 spiro atoms. The molecule has 0 saturated heterocycles. The summed E-state index contributed by atoms with van der Waals surface area (Å²) < 4.78 is 10.7. The molecule has 7 heteroatoms. The Balaban J connectivity index is 1.90. The highest BCUT2D eigenvalue weighted by atomic mass is 16.5. The van der Waals surface area contributed by atoms with Crippen LogP contribution in [0.2, 0.25) is 0 Å². The van der Waals surface area contributed by atoms with E-state index >= 15 is 0 Å². The van der Waals surface area contributed by atoms with Crippen molar-refractivity contribution in [3.05, 3.63) is 0 Å². The summed E-state index contributed by atoms with van der Waals surface area (Å²) in [7, 11) is 0. The van der Waals surface area contributed by atoms with Crippen molar-refractivity contribution in [2.24, 2.45) is 17.8 Å². The first-order valence-corrected chi connectivity index (χ1v) is 9.57. The Kier molecular flexibility index (Phi) is 10.4. The number of hydrogen-bond donors (Lipinski definition) is 2. The molecule has 0 aromatic carbocycles. The van der Waals surface area contributed by atoms with E-state index in [4.69, 9.17) is 9.47 Å². The maximum atomic E-state index is 11.8. The molecule has 0 aromatic heterocycles. The molecule has 0 bridgehead atoms. The Morgan fingerprint density at radius 3 is 2.12 bits per heavy atom. The van der Waals surface area contributed by atoms with E-state index in [1.54, 1.807) is 0 Å². The first kappa shape index (κ1) is 22.6. The lowest BCUT2D eigenvalue weighted by Crippen LogP contribution is -2.47. The second-order valence-corrected chi connectivity index (χ2v) is 7.41. The van der Waals surface area contributed by atoms with Crippen LogP contribution in [-0.4, -0.2) is 56.6 Å². The zero-order chi connectivity index (χ0) is 19.5. The Bertz CT molecular complexity index is 459. The van der Waals surface area contributed by atoms with Crippen molar-refractivity contribution in [2.45, 2.75) is 53.0 Å². The molecule has 0 radical (unpaired) electrons. The van der Waals surface area contributed by atoms with Gasteiger partial charge in [-0.25, -0.2) is 0 Å². The molecule has 0 atom stereocenters. The smallest absolute Gasteiger partial charge is 0.222 e. The van der Waals surface area contributed by atoms with Crippen LogP contribution in [0.5, 0.6) is 0 Å². The van der Waals surface area contributed by atoms with Crippen LogP contribution in [0.25, 0.3) is 0 Å². The lowest BCUT2D eigenvalue weighted by atomic mass is 9.75. The Morgan fingerprint density at radius 2 is 1.54 bits per heavy atom. The molecule has 0 aliphatic heterocycles. The number of carbonyl (C=O) groups is 3. The maximum Gasteiger partial charge on any atom is 0.222 e. The standard InChI is InChI=1S/C19H34N2O5/c1-13(2)18(23)15-11-16(12-15)21-17(22)5-7-25-9-10-26-8-6-20-19(24)14(3)4/h13-16H,5-12H2,1-4H3,(H,20,24)(H,21,22). The Morgan fingerprint density at radius 1 is 0.923 bits per heavy atom. The summed E-state index contributed by atoms with van der Waals surface area (Å²) in [6.45, 7) is 9.64. The molecule has 0 aromatic rings. The fraction of sp³-hybridized carbons (Fsp3) is 0.842. The van der Waals surface area contributed by atoms with Crippen LogP contribution in [0.3, 0.4) is 0 Å². The monoisotopic (exact) mass is 370 g/mol. The fourth-order valence-corrected chi connectivity index (χ4v) is 2.68. The van der Waals surface area contributed by atoms with E-state index < -0.39 is 0 Å². The maximum absolute atomic E-state index is 11.8. The third-order valence-corrected chi connectivity index (χ3v) is 4.39. The summed E-state index contributed by atoms with van der Waals surface area (Å²) in [5.41, 5.74) is 0. The Hall–Kier alpha value is -1.47. The molecule has 0 unspecified atom stereocenters. The number of Topliss-reactive ketones (excluding diaryl/α,β-unsaturated/α-hetero) is 1. The number of ether oxygens (including phenoxy) is 2. The van der Waals surface area contributed by atoms with E-state index in [0.29, 0.717) is 45.2 Å². The van der Waals surface area contributed by atoms with Crippen molar-refractivity contribution >= 4 is 17.6 Å². The minimum atomic E-state index is -0.0391. The van der Waals surface area contributed by atoms with Crippen LogP contribution in [0, 0.1) is 17.8 Å². The van der Waals surface area contributed by atoms with E-state index in [0.717, 1.165) is 12.8 Å². The van der Waals surface area contributed by atoms with Gasteiger partial charge < -0.3 is 20.1 Å². The van der Waals surface area contributed by atoms with Gasteiger partial charge in [0.25, 0.3) is 0 Å². The molecule has 0 heterocycles. The highest BCUT2D eigenvalue weighted by Crippen LogP contribution is 2.30. The van der Waals surface area contributed by atoms with E-state index in [-0.39, 0.29) is 35.6 Å². The highest BCUT2D eigenvalue weighted by Gasteiger charge is 2.35.